The van der Waals surface area contributed by atoms with Crippen molar-refractivity contribution >= 4 is 34.7 Å². The fourth-order valence-electron chi connectivity index (χ4n) is 0.821. The summed E-state index contributed by atoms with van der Waals surface area (Å²) in [6.45, 7) is 0. The molecule has 0 spiro atoms. The Morgan fingerprint density at radius 2 is 2.15 bits per heavy atom. The highest BCUT2D eigenvalue weighted by atomic mass is 32.1. The molecular weight excluding hydrogens is 192 g/mol. The third kappa shape index (κ3) is 1.97. The molecule has 0 saturated carbocycles. The molecule has 0 saturated heterocycles. The lowest BCUT2D eigenvalue weighted by Crippen LogP contribution is -2.33. The smallest absolute Gasteiger partial charge is 0.333 e. The van der Waals surface area contributed by atoms with Gasteiger partial charge in [0.25, 0.3) is 5.91 Å². The molecular formula is C7H6N2O3S. The van der Waals surface area contributed by atoms with Crippen LogP contribution >= 0.6 is 12.2 Å². The number of thiocarbonyl (C=S) groups is 1. The largest absolute Gasteiger partial charge is 0.479 e. The number of nitrogens with zero attached hydrogens (tertiary/aromatic N) is 1. The van der Waals surface area contributed by atoms with Crippen LogP contribution < -0.4 is 5.73 Å². The van der Waals surface area contributed by atoms with Crippen molar-refractivity contribution in [3.63, 3.8) is 0 Å². The molecule has 0 aromatic heterocycles. The molecule has 6 heteroatoms. The van der Waals surface area contributed by atoms with Crippen molar-refractivity contribution in [1.29, 1.82) is 0 Å². The van der Waals surface area contributed by atoms with Crippen LogP contribution in [-0.2, 0) is 9.59 Å². The average molecular weight is 198 g/mol. The Bertz CT molecular complexity index is 346. The van der Waals surface area contributed by atoms with Crippen molar-refractivity contribution < 1.29 is 14.7 Å². The van der Waals surface area contributed by atoms with Crippen molar-refractivity contribution in [2.24, 2.45) is 10.7 Å². The minimum Gasteiger partial charge on any atom is -0.479 e. The lowest BCUT2D eigenvalue weighted by molar-refractivity contribution is -0.136. The summed E-state index contributed by atoms with van der Waals surface area (Å²) in [7, 11) is 0. The zero-order chi connectivity index (χ0) is 10.0. The first-order valence-corrected chi connectivity index (χ1v) is 3.75. The Kier molecular flexibility index (Phi) is 2.52. The maximum atomic E-state index is 10.6. The predicted octanol–water partition coefficient (Wildman–Crippen LogP) is -0.694. The standard InChI is InChI=1S/C7H6N2O3S/c8-6(10)3-1-2-4(13)5(9-3)7(11)12/h1-2,5H,(H2,8,10)(H,11,12). The molecule has 68 valence electrons. The van der Waals surface area contributed by atoms with Crippen LogP contribution in [0, 0.1) is 0 Å². The number of aliphatic imine (C=N–C) groups is 1. The molecule has 1 atom stereocenters. The lowest BCUT2D eigenvalue weighted by atomic mass is 10.1. The van der Waals surface area contributed by atoms with E-state index in [0.717, 1.165) is 0 Å². The molecule has 0 fully saturated rings. The molecule has 0 bridgehead atoms. The summed E-state index contributed by atoms with van der Waals surface area (Å²) in [6.07, 6.45) is 2.66. The number of dihydropyridines is 1. The molecule has 5 nitrogen and oxygen atoms in total. The molecule has 1 aliphatic heterocycles. The number of carbonyl (C=O) groups is 2. The Balaban J connectivity index is 3.00. The number of amides is 1. The minimum atomic E-state index is -1.19. The van der Waals surface area contributed by atoms with E-state index in [2.05, 4.69) is 4.99 Å². The molecule has 3 N–H and O–H groups in total. The van der Waals surface area contributed by atoms with Crippen molar-refractivity contribution in [3.05, 3.63) is 12.2 Å². The van der Waals surface area contributed by atoms with Crippen LogP contribution in [0.5, 0.6) is 0 Å². The quantitative estimate of drug-likeness (QED) is 0.574. The Morgan fingerprint density at radius 3 is 2.62 bits per heavy atom. The second-order valence-electron chi connectivity index (χ2n) is 2.36. The number of carboxylic acid groups (broad SMARTS) is 1. The average Bonchev–Trinajstić information content (AvgIpc) is 2.04. The highest BCUT2D eigenvalue weighted by molar-refractivity contribution is 7.81. The first kappa shape index (κ1) is 9.53. The zero-order valence-corrected chi connectivity index (χ0v) is 7.25. The van der Waals surface area contributed by atoms with Crippen LogP contribution in [0.4, 0.5) is 0 Å². The number of hydrogen-bond acceptors (Lipinski definition) is 4. The number of carbonyl (C=O) groups excluding carboxylic acids is 1. The summed E-state index contributed by atoms with van der Waals surface area (Å²) in [5, 5.41) is 8.63. The van der Waals surface area contributed by atoms with Crippen molar-refractivity contribution in [2.45, 2.75) is 6.04 Å². The van der Waals surface area contributed by atoms with Crippen LogP contribution in [0.15, 0.2) is 17.1 Å². The second kappa shape index (κ2) is 3.44. The molecule has 1 amide bonds. The maximum Gasteiger partial charge on any atom is 0.333 e. The number of aliphatic carboxylic acids is 1. The number of hydrogen-bond donors (Lipinski definition) is 2. The maximum absolute atomic E-state index is 10.6. The van der Waals surface area contributed by atoms with Crippen LogP contribution in [0.1, 0.15) is 0 Å². The summed E-state index contributed by atoms with van der Waals surface area (Å²) in [6, 6.07) is -1.16. The molecule has 0 aromatic rings. The molecule has 1 heterocycles. The van der Waals surface area contributed by atoms with Crippen LogP contribution in [0.2, 0.25) is 0 Å². The highest BCUT2D eigenvalue weighted by Gasteiger charge is 2.24. The molecule has 0 aliphatic carbocycles. The predicted molar refractivity (Wildman–Crippen MR) is 49.8 cm³/mol. The topological polar surface area (TPSA) is 92.8 Å². The van der Waals surface area contributed by atoms with Crippen molar-refractivity contribution in [3.8, 4) is 0 Å². The van der Waals surface area contributed by atoms with E-state index in [9.17, 15) is 9.59 Å². The minimum absolute atomic E-state index is 0.0685. The van der Waals surface area contributed by atoms with Gasteiger partial charge in [-0.3, -0.25) is 9.79 Å². The number of carboxylic acids is 1. The highest BCUT2D eigenvalue weighted by Crippen LogP contribution is 2.05. The summed E-state index contributed by atoms with van der Waals surface area (Å²) in [5.41, 5.74) is 4.85. The van der Waals surface area contributed by atoms with Gasteiger partial charge in [0.2, 0.25) is 0 Å². The summed E-state index contributed by atoms with van der Waals surface area (Å²) < 4.78 is 0. The van der Waals surface area contributed by atoms with Gasteiger partial charge >= 0.3 is 5.97 Å². The first-order chi connectivity index (χ1) is 6.02. The molecule has 0 radical (unpaired) electrons. The van der Waals surface area contributed by atoms with Gasteiger partial charge in [0.1, 0.15) is 5.71 Å². The summed E-state index contributed by atoms with van der Waals surface area (Å²) in [4.78, 5) is 24.9. The van der Waals surface area contributed by atoms with Crippen LogP contribution in [0.25, 0.3) is 0 Å². The van der Waals surface area contributed by atoms with Gasteiger partial charge in [-0.15, -0.1) is 0 Å². The van der Waals surface area contributed by atoms with Gasteiger partial charge in [-0.2, -0.15) is 0 Å². The Hall–Kier alpha value is -1.56. The third-order valence-corrected chi connectivity index (χ3v) is 1.79. The Labute approximate surface area is 78.9 Å². The van der Waals surface area contributed by atoms with Gasteiger partial charge < -0.3 is 10.8 Å². The lowest BCUT2D eigenvalue weighted by Gasteiger charge is -2.10. The van der Waals surface area contributed by atoms with E-state index in [1.54, 1.807) is 0 Å². The number of nitrogens with two attached hydrogens (primary N) is 1. The van der Waals surface area contributed by atoms with Crippen molar-refractivity contribution in [1.82, 2.24) is 0 Å². The van der Waals surface area contributed by atoms with Gasteiger partial charge in [0, 0.05) is 0 Å². The molecule has 13 heavy (non-hydrogen) atoms. The van der Waals surface area contributed by atoms with Gasteiger partial charge in [0.15, 0.2) is 6.04 Å². The van der Waals surface area contributed by atoms with E-state index in [1.165, 1.54) is 12.2 Å². The summed E-state index contributed by atoms with van der Waals surface area (Å²) >= 11 is 4.72. The van der Waals surface area contributed by atoms with E-state index in [-0.39, 0.29) is 10.6 Å². The zero-order valence-electron chi connectivity index (χ0n) is 6.43. The fraction of sp³-hybridized carbons (Fsp3) is 0.143. The van der Waals surface area contributed by atoms with Gasteiger partial charge in [0.05, 0.1) is 4.86 Å². The van der Waals surface area contributed by atoms with E-state index in [1.807, 2.05) is 0 Å². The number of rotatable bonds is 2. The molecule has 1 unspecified atom stereocenters. The second-order valence-corrected chi connectivity index (χ2v) is 2.83. The Morgan fingerprint density at radius 1 is 1.54 bits per heavy atom. The van der Waals surface area contributed by atoms with E-state index in [0.29, 0.717) is 0 Å². The molecule has 1 rings (SSSR count). The van der Waals surface area contributed by atoms with E-state index >= 15 is 0 Å². The normalized spacial score (nSPS) is 21.1. The SMILES string of the molecule is NC(=O)C1=NC(C(=O)O)C(=S)C=C1. The monoisotopic (exact) mass is 198 g/mol. The third-order valence-electron chi connectivity index (χ3n) is 1.43. The summed E-state index contributed by atoms with van der Waals surface area (Å²) in [5.74, 6) is -1.95. The van der Waals surface area contributed by atoms with Crippen LogP contribution in [0.3, 0.4) is 0 Å². The molecule has 1 aliphatic rings. The first-order valence-electron chi connectivity index (χ1n) is 3.34. The van der Waals surface area contributed by atoms with E-state index in [4.69, 9.17) is 23.1 Å². The fourth-order valence-corrected chi connectivity index (χ4v) is 1.04. The van der Waals surface area contributed by atoms with Gasteiger partial charge in [-0.05, 0) is 12.2 Å². The number of primary amides is 1. The van der Waals surface area contributed by atoms with E-state index < -0.39 is 17.9 Å². The van der Waals surface area contributed by atoms with Crippen molar-refractivity contribution in [2.75, 3.05) is 0 Å². The van der Waals surface area contributed by atoms with Crippen LogP contribution in [-0.4, -0.2) is 33.6 Å². The van der Waals surface area contributed by atoms with Gasteiger partial charge in [-0.25, -0.2) is 4.79 Å². The van der Waals surface area contributed by atoms with Gasteiger partial charge in [-0.1, -0.05) is 12.2 Å². The molecule has 0 aromatic carbocycles.